The fraction of sp³-hybridized carbons (Fsp3) is 0.833. The zero-order valence-electron chi connectivity index (χ0n) is 10.7. The molecule has 2 N–H and O–H groups in total. The summed E-state index contributed by atoms with van der Waals surface area (Å²) in [4.78, 5) is 22.4. The monoisotopic (exact) mass is 259 g/mol. The van der Waals surface area contributed by atoms with Gasteiger partial charge in [0.05, 0.1) is 11.8 Å². The van der Waals surface area contributed by atoms with Crippen LogP contribution in [-0.4, -0.2) is 34.5 Å². The first-order chi connectivity index (χ1) is 7.99. The van der Waals surface area contributed by atoms with E-state index in [1.54, 1.807) is 11.8 Å². The summed E-state index contributed by atoms with van der Waals surface area (Å²) in [5.74, 6) is -1.72. The first-order valence-electron chi connectivity index (χ1n) is 6.05. The molecule has 0 saturated heterocycles. The second-order valence-electron chi connectivity index (χ2n) is 4.60. The number of thioether (sulfide) groups is 1. The third-order valence-electron chi connectivity index (χ3n) is 3.75. The maximum atomic E-state index is 11.7. The van der Waals surface area contributed by atoms with E-state index in [0.29, 0.717) is 13.0 Å². The van der Waals surface area contributed by atoms with Crippen LogP contribution >= 0.6 is 11.8 Å². The van der Waals surface area contributed by atoms with Crippen LogP contribution in [0.4, 0.5) is 0 Å². The van der Waals surface area contributed by atoms with E-state index in [1.165, 1.54) is 0 Å². The first-order valence-corrected chi connectivity index (χ1v) is 7.27. The molecular formula is C12H21NO3S. The van der Waals surface area contributed by atoms with Gasteiger partial charge in [0.2, 0.25) is 5.91 Å². The standard InChI is InChI=1S/C12H21NO3S/c1-4-12(5-2,17-3)7-13-10(14)8-6-9(8)11(15)16/h8-9H,4-7H2,1-3H3,(H,13,14)(H,15,16)/t8-,9+/m1/s1. The van der Waals surface area contributed by atoms with Gasteiger partial charge in [-0.3, -0.25) is 9.59 Å². The Balaban J connectivity index is 2.41. The van der Waals surface area contributed by atoms with E-state index in [1.807, 2.05) is 0 Å². The van der Waals surface area contributed by atoms with Crippen LogP contribution in [0.2, 0.25) is 0 Å². The summed E-state index contributed by atoms with van der Waals surface area (Å²) in [5, 5.41) is 11.7. The van der Waals surface area contributed by atoms with Gasteiger partial charge in [-0.1, -0.05) is 13.8 Å². The number of carbonyl (C=O) groups is 2. The fourth-order valence-corrected chi connectivity index (χ4v) is 2.79. The lowest BCUT2D eigenvalue weighted by molar-refractivity contribution is -0.140. The Hall–Kier alpha value is -0.710. The van der Waals surface area contributed by atoms with Crippen LogP contribution in [0.1, 0.15) is 33.1 Å². The molecule has 5 heteroatoms. The SMILES string of the molecule is CCC(CC)(CNC(=O)[C@@H]1C[C@@H]1C(=O)O)SC. The maximum absolute atomic E-state index is 11.7. The van der Waals surface area contributed by atoms with Crippen molar-refractivity contribution >= 4 is 23.6 Å². The second-order valence-corrected chi connectivity index (χ2v) is 5.87. The highest BCUT2D eigenvalue weighted by Crippen LogP contribution is 2.39. The average molecular weight is 259 g/mol. The summed E-state index contributed by atoms with van der Waals surface area (Å²) < 4.78 is 0.0866. The lowest BCUT2D eigenvalue weighted by Crippen LogP contribution is -2.40. The van der Waals surface area contributed by atoms with Gasteiger partial charge in [0.25, 0.3) is 0 Å². The van der Waals surface area contributed by atoms with Crippen LogP contribution in [0.15, 0.2) is 0 Å². The average Bonchev–Trinajstić information content (AvgIpc) is 3.11. The van der Waals surface area contributed by atoms with E-state index in [9.17, 15) is 9.59 Å². The summed E-state index contributed by atoms with van der Waals surface area (Å²) >= 11 is 1.77. The minimum absolute atomic E-state index is 0.0866. The normalized spacial score (nSPS) is 23.2. The van der Waals surface area contributed by atoms with E-state index < -0.39 is 11.9 Å². The van der Waals surface area contributed by atoms with E-state index in [0.717, 1.165) is 12.8 Å². The summed E-state index contributed by atoms with van der Waals surface area (Å²) in [6.07, 6.45) is 4.54. The molecule has 1 aliphatic rings. The van der Waals surface area contributed by atoms with E-state index in [-0.39, 0.29) is 16.6 Å². The highest BCUT2D eigenvalue weighted by molar-refractivity contribution is 8.00. The van der Waals surface area contributed by atoms with Gasteiger partial charge in [-0.2, -0.15) is 11.8 Å². The Bertz CT molecular complexity index is 294. The molecule has 0 aromatic carbocycles. The molecule has 98 valence electrons. The molecule has 0 bridgehead atoms. The Kier molecular flexibility index (Phi) is 4.86. The highest BCUT2D eigenvalue weighted by atomic mass is 32.2. The van der Waals surface area contributed by atoms with Crippen molar-refractivity contribution in [1.29, 1.82) is 0 Å². The molecular weight excluding hydrogens is 238 g/mol. The van der Waals surface area contributed by atoms with Gasteiger partial charge < -0.3 is 10.4 Å². The summed E-state index contributed by atoms with van der Waals surface area (Å²) in [6.45, 7) is 4.86. The van der Waals surface area contributed by atoms with Gasteiger partial charge in [0.15, 0.2) is 0 Å². The number of hydrogen-bond acceptors (Lipinski definition) is 3. The van der Waals surface area contributed by atoms with Gasteiger partial charge in [0.1, 0.15) is 0 Å². The number of hydrogen-bond donors (Lipinski definition) is 2. The van der Waals surface area contributed by atoms with Crippen LogP contribution in [0.3, 0.4) is 0 Å². The quantitative estimate of drug-likeness (QED) is 0.731. The predicted octanol–water partition coefficient (Wildman–Crippen LogP) is 1.75. The van der Waals surface area contributed by atoms with Gasteiger partial charge >= 0.3 is 5.97 Å². The number of carboxylic acid groups (broad SMARTS) is 1. The van der Waals surface area contributed by atoms with Crippen LogP contribution in [0.5, 0.6) is 0 Å². The number of carboxylic acids is 1. The molecule has 0 aliphatic heterocycles. The molecule has 0 aromatic rings. The maximum Gasteiger partial charge on any atom is 0.307 e. The van der Waals surface area contributed by atoms with E-state index in [2.05, 4.69) is 25.4 Å². The summed E-state index contributed by atoms with van der Waals surface area (Å²) in [7, 11) is 0. The zero-order chi connectivity index (χ0) is 13.1. The summed E-state index contributed by atoms with van der Waals surface area (Å²) in [6, 6.07) is 0. The number of carbonyl (C=O) groups excluding carboxylic acids is 1. The molecule has 0 spiro atoms. The molecule has 0 aromatic heterocycles. The molecule has 1 fully saturated rings. The van der Waals surface area contributed by atoms with Crippen molar-refractivity contribution in [3.63, 3.8) is 0 Å². The van der Waals surface area contributed by atoms with Gasteiger partial charge in [0, 0.05) is 11.3 Å². The van der Waals surface area contributed by atoms with Crippen LogP contribution < -0.4 is 5.32 Å². The van der Waals surface area contributed by atoms with Gasteiger partial charge in [-0.15, -0.1) is 0 Å². The van der Waals surface area contributed by atoms with Crippen molar-refractivity contribution in [2.45, 2.75) is 37.9 Å². The molecule has 1 rings (SSSR count). The third kappa shape index (κ3) is 3.37. The van der Waals surface area contributed by atoms with Gasteiger partial charge in [-0.05, 0) is 25.5 Å². The first kappa shape index (κ1) is 14.4. The molecule has 0 radical (unpaired) electrons. The van der Waals surface area contributed by atoms with E-state index >= 15 is 0 Å². The largest absolute Gasteiger partial charge is 0.481 e. The Morgan fingerprint density at radius 2 is 1.94 bits per heavy atom. The number of aliphatic carboxylic acids is 1. The molecule has 17 heavy (non-hydrogen) atoms. The Labute approximate surface area is 107 Å². The van der Waals surface area contributed by atoms with Crippen molar-refractivity contribution in [3.05, 3.63) is 0 Å². The van der Waals surface area contributed by atoms with Gasteiger partial charge in [-0.25, -0.2) is 0 Å². The fourth-order valence-electron chi connectivity index (χ4n) is 2.00. The zero-order valence-corrected chi connectivity index (χ0v) is 11.5. The lowest BCUT2D eigenvalue weighted by Gasteiger charge is -2.29. The Morgan fingerprint density at radius 3 is 2.29 bits per heavy atom. The number of amides is 1. The molecule has 4 nitrogen and oxygen atoms in total. The van der Waals surface area contributed by atoms with Crippen molar-refractivity contribution in [2.24, 2.45) is 11.8 Å². The van der Waals surface area contributed by atoms with Crippen LogP contribution in [-0.2, 0) is 9.59 Å². The number of nitrogens with one attached hydrogen (secondary N) is 1. The molecule has 0 unspecified atom stereocenters. The molecule has 1 saturated carbocycles. The molecule has 1 aliphatic carbocycles. The third-order valence-corrected chi connectivity index (χ3v) is 5.34. The van der Waals surface area contributed by atoms with Crippen molar-refractivity contribution in [2.75, 3.05) is 12.8 Å². The molecule has 1 amide bonds. The molecule has 2 atom stereocenters. The van der Waals surface area contributed by atoms with Crippen molar-refractivity contribution in [1.82, 2.24) is 5.32 Å². The smallest absolute Gasteiger partial charge is 0.307 e. The second kappa shape index (κ2) is 5.76. The highest BCUT2D eigenvalue weighted by Gasteiger charge is 2.48. The molecule has 0 heterocycles. The minimum atomic E-state index is -0.854. The number of rotatable bonds is 7. The summed E-state index contributed by atoms with van der Waals surface area (Å²) in [5.41, 5.74) is 0. The Morgan fingerprint density at radius 1 is 1.35 bits per heavy atom. The minimum Gasteiger partial charge on any atom is -0.481 e. The van der Waals surface area contributed by atoms with Crippen LogP contribution in [0, 0.1) is 11.8 Å². The predicted molar refractivity (Wildman–Crippen MR) is 69.1 cm³/mol. The topological polar surface area (TPSA) is 66.4 Å². The lowest BCUT2D eigenvalue weighted by atomic mass is 10.0. The van der Waals surface area contributed by atoms with Crippen molar-refractivity contribution in [3.8, 4) is 0 Å². The van der Waals surface area contributed by atoms with Crippen LogP contribution in [0.25, 0.3) is 0 Å². The van der Waals surface area contributed by atoms with E-state index in [4.69, 9.17) is 5.11 Å². The van der Waals surface area contributed by atoms with Crippen molar-refractivity contribution < 1.29 is 14.7 Å².